The molecular formula is C16H24N4O3. The van der Waals surface area contributed by atoms with Crippen molar-refractivity contribution in [3.8, 4) is 11.5 Å². The molecule has 126 valence electrons. The molecule has 0 aliphatic carbocycles. The van der Waals surface area contributed by atoms with E-state index in [1.165, 1.54) is 0 Å². The molecule has 7 nitrogen and oxygen atoms in total. The maximum atomic E-state index is 5.56. The third-order valence-electron chi connectivity index (χ3n) is 4.30. The van der Waals surface area contributed by atoms with Gasteiger partial charge >= 0.3 is 0 Å². The Morgan fingerprint density at radius 2 is 1.91 bits per heavy atom. The fourth-order valence-electron chi connectivity index (χ4n) is 3.03. The molecule has 2 heterocycles. The van der Waals surface area contributed by atoms with Crippen molar-refractivity contribution in [2.75, 3.05) is 58.4 Å². The smallest absolute Gasteiger partial charge is 0.282 e. The summed E-state index contributed by atoms with van der Waals surface area (Å²) in [4.78, 5) is 8.85. The molecule has 0 saturated carbocycles. The Morgan fingerprint density at radius 3 is 2.52 bits per heavy atom. The number of ether oxygens (including phenoxy) is 3. The number of nitrogens with two attached hydrogens (primary N) is 1. The lowest BCUT2D eigenvalue weighted by Gasteiger charge is -2.37. The number of piperazine rings is 1. The molecule has 2 N–H and O–H groups in total. The highest BCUT2D eigenvalue weighted by Crippen LogP contribution is 2.31. The molecule has 0 aromatic heterocycles. The van der Waals surface area contributed by atoms with Crippen LogP contribution in [0.4, 0.5) is 5.69 Å². The number of amidine groups is 1. The van der Waals surface area contributed by atoms with E-state index in [9.17, 15) is 0 Å². The molecule has 0 radical (unpaired) electrons. The Labute approximate surface area is 136 Å². The molecular weight excluding hydrogens is 296 g/mol. The molecule has 0 amide bonds. The Balaban J connectivity index is 1.54. The molecule has 23 heavy (non-hydrogen) atoms. The SMILES string of the molecule is COc1ccc(N2CCN(CC3CN=C(N)O3)CC2)cc1OC. The Hall–Kier alpha value is -2.15. The second-order valence-electron chi connectivity index (χ2n) is 5.75. The van der Waals surface area contributed by atoms with Crippen molar-refractivity contribution in [1.82, 2.24) is 4.90 Å². The molecule has 1 fully saturated rings. The van der Waals surface area contributed by atoms with Crippen LogP contribution in [0.3, 0.4) is 0 Å². The van der Waals surface area contributed by atoms with E-state index in [1.54, 1.807) is 14.2 Å². The Bertz CT molecular complexity index is 570. The lowest BCUT2D eigenvalue weighted by atomic mass is 10.2. The van der Waals surface area contributed by atoms with E-state index in [-0.39, 0.29) is 6.10 Å². The summed E-state index contributed by atoms with van der Waals surface area (Å²) in [5.74, 6) is 1.52. The van der Waals surface area contributed by atoms with E-state index in [4.69, 9.17) is 19.9 Å². The first-order chi connectivity index (χ1) is 11.2. The number of methoxy groups -OCH3 is 2. The average molecular weight is 320 g/mol. The van der Waals surface area contributed by atoms with Gasteiger partial charge in [0.1, 0.15) is 6.10 Å². The van der Waals surface area contributed by atoms with Gasteiger partial charge in [-0.05, 0) is 12.1 Å². The molecule has 1 aromatic rings. The van der Waals surface area contributed by atoms with Gasteiger partial charge in [-0.15, -0.1) is 0 Å². The number of rotatable bonds is 5. The lowest BCUT2D eigenvalue weighted by Crippen LogP contribution is -2.49. The lowest BCUT2D eigenvalue weighted by molar-refractivity contribution is 0.139. The average Bonchev–Trinajstić information content (AvgIpc) is 3.00. The van der Waals surface area contributed by atoms with Gasteiger partial charge < -0.3 is 24.8 Å². The number of hydrogen-bond acceptors (Lipinski definition) is 7. The molecule has 1 atom stereocenters. The highest BCUT2D eigenvalue weighted by molar-refractivity contribution is 5.73. The quantitative estimate of drug-likeness (QED) is 0.854. The maximum absolute atomic E-state index is 5.56. The van der Waals surface area contributed by atoms with Gasteiger partial charge in [0.05, 0.1) is 20.8 Å². The van der Waals surface area contributed by atoms with Crippen LogP contribution in [-0.2, 0) is 4.74 Å². The summed E-state index contributed by atoms with van der Waals surface area (Å²) in [6.07, 6.45) is 0.0997. The van der Waals surface area contributed by atoms with Gasteiger partial charge in [-0.25, -0.2) is 4.99 Å². The molecule has 3 rings (SSSR count). The molecule has 0 spiro atoms. The first kappa shape index (κ1) is 15.7. The molecule has 1 unspecified atom stereocenters. The van der Waals surface area contributed by atoms with Crippen molar-refractivity contribution >= 4 is 11.7 Å². The van der Waals surface area contributed by atoms with Crippen molar-refractivity contribution in [3.63, 3.8) is 0 Å². The summed E-state index contributed by atoms with van der Waals surface area (Å²) in [5, 5.41) is 0. The Morgan fingerprint density at radius 1 is 1.17 bits per heavy atom. The zero-order chi connectivity index (χ0) is 16.2. The molecule has 1 aromatic carbocycles. The van der Waals surface area contributed by atoms with Crippen molar-refractivity contribution in [1.29, 1.82) is 0 Å². The van der Waals surface area contributed by atoms with Gasteiger partial charge in [-0.1, -0.05) is 0 Å². The summed E-state index contributed by atoms with van der Waals surface area (Å²) in [5.41, 5.74) is 6.72. The van der Waals surface area contributed by atoms with Crippen LogP contribution < -0.4 is 20.1 Å². The monoisotopic (exact) mass is 320 g/mol. The van der Waals surface area contributed by atoms with Gasteiger partial charge in [0.2, 0.25) is 0 Å². The Kier molecular flexibility index (Phi) is 4.76. The van der Waals surface area contributed by atoms with Gasteiger partial charge in [0, 0.05) is 44.5 Å². The van der Waals surface area contributed by atoms with Crippen LogP contribution in [0.5, 0.6) is 11.5 Å². The minimum absolute atomic E-state index is 0.0997. The standard InChI is InChI=1S/C16H24N4O3/c1-21-14-4-3-12(9-15(14)22-2)20-7-5-19(6-8-20)11-13-10-18-16(17)23-13/h3-4,9,13H,5-8,10-11H2,1-2H3,(H2,17,18). The topological polar surface area (TPSA) is 72.6 Å². The van der Waals surface area contributed by atoms with Crippen LogP contribution >= 0.6 is 0 Å². The summed E-state index contributed by atoms with van der Waals surface area (Å²) in [6, 6.07) is 6.38. The third kappa shape index (κ3) is 3.61. The van der Waals surface area contributed by atoms with E-state index >= 15 is 0 Å². The fourth-order valence-corrected chi connectivity index (χ4v) is 3.03. The zero-order valence-electron chi connectivity index (χ0n) is 13.7. The number of benzene rings is 1. The number of anilines is 1. The minimum Gasteiger partial charge on any atom is -0.493 e. The number of aliphatic imine (C=N–C) groups is 1. The second-order valence-corrected chi connectivity index (χ2v) is 5.75. The number of nitrogens with zero attached hydrogens (tertiary/aromatic N) is 3. The van der Waals surface area contributed by atoms with Crippen LogP contribution in [0, 0.1) is 0 Å². The summed E-state index contributed by atoms with van der Waals surface area (Å²) >= 11 is 0. The fraction of sp³-hybridized carbons (Fsp3) is 0.562. The van der Waals surface area contributed by atoms with Crippen LogP contribution in [0.25, 0.3) is 0 Å². The third-order valence-corrected chi connectivity index (χ3v) is 4.30. The maximum Gasteiger partial charge on any atom is 0.282 e. The van der Waals surface area contributed by atoms with Gasteiger partial charge in [-0.3, -0.25) is 4.90 Å². The first-order valence-corrected chi connectivity index (χ1v) is 7.85. The van der Waals surface area contributed by atoms with Crippen molar-refractivity contribution in [2.24, 2.45) is 10.7 Å². The molecule has 7 heteroatoms. The molecule has 2 aliphatic rings. The summed E-state index contributed by atoms with van der Waals surface area (Å²) < 4.78 is 16.1. The second kappa shape index (κ2) is 6.95. The van der Waals surface area contributed by atoms with Crippen molar-refractivity contribution in [2.45, 2.75) is 6.10 Å². The van der Waals surface area contributed by atoms with E-state index in [2.05, 4.69) is 20.9 Å². The van der Waals surface area contributed by atoms with Crippen LogP contribution in [0.15, 0.2) is 23.2 Å². The molecule has 1 saturated heterocycles. The van der Waals surface area contributed by atoms with Crippen molar-refractivity contribution in [3.05, 3.63) is 18.2 Å². The number of hydrogen-bond donors (Lipinski definition) is 1. The minimum atomic E-state index is 0.0997. The van der Waals surface area contributed by atoms with E-state index in [1.807, 2.05) is 12.1 Å². The highest BCUT2D eigenvalue weighted by atomic mass is 16.5. The summed E-state index contributed by atoms with van der Waals surface area (Å²) in [6.45, 7) is 5.48. The first-order valence-electron chi connectivity index (χ1n) is 7.85. The molecule has 0 bridgehead atoms. The van der Waals surface area contributed by atoms with Crippen molar-refractivity contribution < 1.29 is 14.2 Å². The predicted molar refractivity (Wildman–Crippen MR) is 89.6 cm³/mol. The van der Waals surface area contributed by atoms with Crippen LogP contribution in [0.2, 0.25) is 0 Å². The zero-order valence-corrected chi connectivity index (χ0v) is 13.7. The highest BCUT2D eigenvalue weighted by Gasteiger charge is 2.24. The summed E-state index contributed by atoms with van der Waals surface area (Å²) in [7, 11) is 3.31. The predicted octanol–water partition coefficient (Wildman–Crippen LogP) is 0.539. The van der Waals surface area contributed by atoms with Crippen LogP contribution in [0.1, 0.15) is 0 Å². The van der Waals surface area contributed by atoms with E-state index in [0.29, 0.717) is 12.6 Å². The van der Waals surface area contributed by atoms with E-state index < -0.39 is 0 Å². The van der Waals surface area contributed by atoms with Gasteiger partial charge in [0.25, 0.3) is 6.02 Å². The van der Waals surface area contributed by atoms with Gasteiger partial charge in [-0.2, -0.15) is 0 Å². The van der Waals surface area contributed by atoms with Gasteiger partial charge in [0.15, 0.2) is 11.5 Å². The largest absolute Gasteiger partial charge is 0.493 e. The van der Waals surface area contributed by atoms with Crippen LogP contribution in [-0.4, -0.2) is 70.5 Å². The molecule has 2 aliphatic heterocycles. The normalized spacial score (nSPS) is 21.7. The van der Waals surface area contributed by atoms with E-state index in [0.717, 1.165) is 49.9 Å².